The van der Waals surface area contributed by atoms with E-state index >= 15 is 0 Å². The summed E-state index contributed by atoms with van der Waals surface area (Å²) in [6.07, 6.45) is 6.53. The lowest BCUT2D eigenvalue weighted by Crippen LogP contribution is -2.40. The molecule has 18 heavy (non-hydrogen) atoms. The normalized spacial score (nSPS) is 24.1. The molecule has 1 N–H and O–H groups in total. The van der Waals surface area contributed by atoms with Crippen molar-refractivity contribution in [2.75, 3.05) is 0 Å². The van der Waals surface area contributed by atoms with Gasteiger partial charge < -0.3 is 5.32 Å². The predicted octanol–water partition coefficient (Wildman–Crippen LogP) is 4.70. The van der Waals surface area contributed by atoms with E-state index in [1.165, 1.54) is 37.7 Å². The Morgan fingerprint density at radius 1 is 1.28 bits per heavy atom. The van der Waals surface area contributed by atoms with Gasteiger partial charge >= 0.3 is 0 Å². The Morgan fingerprint density at radius 2 is 2.00 bits per heavy atom. The number of hydrogen-bond donors (Lipinski definition) is 1. The summed E-state index contributed by atoms with van der Waals surface area (Å²) in [6.45, 7) is 7.09. The fourth-order valence-corrected chi connectivity index (χ4v) is 3.20. The third kappa shape index (κ3) is 3.14. The van der Waals surface area contributed by atoms with Crippen LogP contribution in [-0.2, 0) is 0 Å². The van der Waals surface area contributed by atoms with Gasteiger partial charge in [0, 0.05) is 12.1 Å². The van der Waals surface area contributed by atoms with Gasteiger partial charge in [0.15, 0.2) is 0 Å². The summed E-state index contributed by atoms with van der Waals surface area (Å²) in [5.74, 6) is 0. The van der Waals surface area contributed by atoms with E-state index in [0.29, 0.717) is 17.5 Å². The van der Waals surface area contributed by atoms with Gasteiger partial charge in [0.25, 0.3) is 0 Å². The Kier molecular flexibility index (Phi) is 4.45. The molecule has 1 saturated carbocycles. The number of hydrogen-bond acceptors (Lipinski definition) is 1. The largest absolute Gasteiger partial charge is 0.307 e. The van der Waals surface area contributed by atoms with E-state index in [9.17, 15) is 0 Å². The van der Waals surface area contributed by atoms with Gasteiger partial charge in [0.1, 0.15) is 0 Å². The van der Waals surface area contributed by atoms with E-state index in [-0.39, 0.29) is 0 Å². The van der Waals surface area contributed by atoms with Crippen LogP contribution in [0.4, 0.5) is 0 Å². The Morgan fingerprint density at radius 3 is 2.56 bits per heavy atom. The first-order valence-corrected chi connectivity index (χ1v) is 7.44. The fourth-order valence-electron chi connectivity index (χ4n) is 3.20. The lowest BCUT2D eigenvalue weighted by molar-refractivity contribution is 0.256. The second-order valence-electron chi connectivity index (χ2n) is 6.35. The first kappa shape index (κ1) is 13.6. The van der Waals surface area contributed by atoms with Crippen LogP contribution < -0.4 is 5.32 Å². The molecule has 2 atom stereocenters. The second-order valence-corrected chi connectivity index (χ2v) is 6.35. The molecule has 1 fully saturated rings. The molecule has 0 amide bonds. The standard InChI is InChI=1S/C17H27N/c1-4-9-15(14-10-6-5-7-11-14)18-16-12-8-13-17(16,2)3/h5-7,10-11,15-16,18H,4,8-9,12-13H2,1-3H3. The summed E-state index contributed by atoms with van der Waals surface area (Å²) in [5.41, 5.74) is 1.91. The van der Waals surface area contributed by atoms with Crippen LogP contribution in [0.3, 0.4) is 0 Å². The summed E-state index contributed by atoms with van der Waals surface area (Å²) in [4.78, 5) is 0. The molecule has 1 heteroatoms. The first-order chi connectivity index (χ1) is 8.63. The Hall–Kier alpha value is -0.820. The van der Waals surface area contributed by atoms with E-state index in [4.69, 9.17) is 0 Å². The average molecular weight is 245 g/mol. The molecule has 1 aliphatic rings. The number of rotatable bonds is 5. The molecule has 1 aromatic rings. The van der Waals surface area contributed by atoms with Crippen molar-refractivity contribution in [1.29, 1.82) is 0 Å². The zero-order valence-corrected chi connectivity index (χ0v) is 12.1. The van der Waals surface area contributed by atoms with Crippen LogP contribution in [0.15, 0.2) is 30.3 Å². The lowest BCUT2D eigenvalue weighted by Gasteiger charge is -2.32. The molecule has 1 aliphatic carbocycles. The van der Waals surface area contributed by atoms with Gasteiger partial charge in [-0.15, -0.1) is 0 Å². The van der Waals surface area contributed by atoms with E-state index in [1.807, 2.05) is 0 Å². The van der Waals surface area contributed by atoms with Crippen molar-refractivity contribution in [1.82, 2.24) is 5.32 Å². The number of benzene rings is 1. The minimum absolute atomic E-state index is 0.459. The van der Waals surface area contributed by atoms with E-state index in [1.54, 1.807) is 0 Å². The Bertz CT molecular complexity index is 355. The topological polar surface area (TPSA) is 12.0 Å². The summed E-state index contributed by atoms with van der Waals surface area (Å²) in [5, 5.41) is 3.92. The Labute approximate surface area is 112 Å². The fraction of sp³-hybridized carbons (Fsp3) is 0.647. The van der Waals surface area contributed by atoms with Crippen molar-refractivity contribution >= 4 is 0 Å². The lowest BCUT2D eigenvalue weighted by atomic mass is 9.86. The van der Waals surface area contributed by atoms with Crippen LogP contribution in [0.5, 0.6) is 0 Å². The van der Waals surface area contributed by atoms with Crippen molar-refractivity contribution in [3.8, 4) is 0 Å². The molecular formula is C17H27N. The molecule has 100 valence electrons. The van der Waals surface area contributed by atoms with Crippen LogP contribution in [0.1, 0.15) is 64.5 Å². The molecule has 2 unspecified atom stereocenters. The van der Waals surface area contributed by atoms with Crippen molar-refractivity contribution in [2.24, 2.45) is 5.41 Å². The molecule has 0 aromatic heterocycles. The molecule has 0 radical (unpaired) electrons. The third-order valence-corrected chi connectivity index (χ3v) is 4.44. The highest BCUT2D eigenvalue weighted by atomic mass is 15.0. The van der Waals surface area contributed by atoms with Gasteiger partial charge in [0.05, 0.1) is 0 Å². The highest BCUT2D eigenvalue weighted by molar-refractivity contribution is 5.19. The molecule has 1 aromatic carbocycles. The van der Waals surface area contributed by atoms with Gasteiger partial charge in [0.2, 0.25) is 0 Å². The maximum Gasteiger partial charge on any atom is 0.0322 e. The van der Waals surface area contributed by atoms with Gasteiger partial charge in [-0.25, -0.2) is 0 Å². The van der Waals surface area contributed by atoms with E-state index in [2.05, 4.69) is 56.4 Å². The average Bonchev–Trinajstić information content (AvgIpc) is 2.69. The highest BCUT2D eigenvalue weighted by Gasteiger charge is 2.35. The molecule has 0 spiro atoms. The van der Waals surface area contributed by atoms with Gasteiger partial charge in [-0.2, -0.15) is 0 Å². The minimum Gasteiger partial charge on any atom is -0.307 e. The first-order valence-electron chi connectivity index (χ1n) is 7.44. The summed E-state index contributed by atoms with van der Waals surface area (Å²) in [7, 11) is 0. The number of nitrogens with one attached hydrogen (secondary N) is 1. The maximum absolute atomic E-state index is 3.92. The van der Waals surface area contributed by atoms with Gasteiger partial charge in [-0.05, 0) is 30.2 Å². The molecule has 1 nitrogen and oxygen atoms in total. The maximum atomic E-state index is 3.92. The molecule has 2 rings (SSSR count). The van der Waals surface area contributed by atoms with Crippen molar-refractivity contribution in [2.45, 2.75) is 65.0 Å². The van der Waals surface area contributed by atoms with E-state index in [0.717, 1.165) is 0 Å². The predicted molar refractivity (Wildman–Crippen MR) is 78.6 cm³/mol. The molecular weight excluding hydrogens is 218 g/mol. The molecule has 0 heterocycles. The van der Waals surface area contributed by atoms with Crippen LogP contribution in [0, 0.1) is 5.41 Å². The zero-order chi connectivity index (χ0) is 13.0. The third-order valence-electron chi connectivity index (χ3n) is 4.44. The summed E-state index contributed by atoms with van der Waals surface area (Å²) in [6, 6.07) is 12.1. The van der Waals surface area contributed by atoms with Crippen LogP contribution in [0.25, 0.3) is 0 Å². The Balaban J connectivity index is 2.07. The van der Waals surface area contributed by atoms with Crippen LogP contribution >= 0.6 is 0 Å². The van der Waals surface area contributed by atoms with Crippen molar-refractivity contribution in [3.63, 3.8) is 0 Å². The van der Waals surface area contributed by atoms with Crippen LogP contribution in [-0.4, -0.2) is 6.04 Å². The van der Waals surface area contributed by atoms with Gasteiger partial charge in [-0.1, -0.05) is 63.9 Å². The quantitative estimate of drug-likeness (QED) is 0.793. The second kappa shape index (κ2) is 5.88. The van der Waals surface area contributed by atoms with E-state index < -0.39 is 0 Å². The molecule has 0 bridgehead atoms. The minimum atomic E-state index is 0.459. The highest BCUT2D eigenvalue weighted by Crippen LogP contribution is 2.38. The van der Waals surface area contributed by atoms with Crippen molar-refractivity contribution < 1.29 is 0 Å². The zero-order valence-electron chi connectivity index (χ0n) is 12.1. The summed E-state index contributed by atoms with van der Waals surface area (Å²) < 4.78 is 0. The SMILES string of the molecule is CCCC(NC1CCCC1(C)C)c1ccccc1. The van der Waals surface area contributed by atoms with Crippen LogP contribution in [0.2, 0.25) is 0 Å². The van der Waals surface area contributed by atoms with Crippen molar-refractivity contribution in [3.05, 3.63) is 35.9 Å². The smallest absolute Gasteiger partial charge is 0.0322 e. The molecule has 0 aliphatic heterocycles. The summed E-state index contributed by atoms with van der Waals surface area (Å²) >= 11 is 0. The van der Waals surface area contributed by atoms with Gasteiger partial charge in [-0.3, -0.25) is 0 Å². The monoisotopic (exact) mass is 245 g/mol. The molecule has 0 saturated heterocycles.